The molecule has 4 heterocycles. The molecule has 1 saturated carbocycles. The monoisotopic (exact) mass is 1100 g/mol. The standard InChI is InChI=1S/C61H94O17/c1-13-39-20-38(27-62)18-31(5)53(75-48-24-45(67)55(37(11)74-48)77-46-21-40(28-63)54(36(10)73-46)76-47-23-44(66)52(68)35(9)72-47)29(3)16-15-17-59(12)25-32(6)33(7)26-61(59)57(70)49(58(71)78-61)56(69)60(14-2)50(39)30(4)19-41-43(65)22-42(64)34(8)51(41)60/h19-20,25,29,31,33-38,40-41,43-48,50-55,62-63,65-68,70H,13-18,21-24,26-28H2,1-12H3/b39-20+. The van der Waals surface area contributed by atoms with Crippen LogP contribution in [0.5, 0.6) is 0 Å². The molecule has 0 aromatic carbocycles. The van der Waals surface area contributed by atoms with Gasteiger partial charge in [-0.25, -0.2) is 4.79 Å². The zero-order chi connectivity index (χ0) is 57.1. The van der Waals surface area contributed by atoms with Crippen molar-refractivity contribution in [2.75, 3.05) is 13.2 Å². The van der Waals surface area contributed by atoms with Crippen molar-refractivity contribution in [2.45, 2.75) is 239 Å². The summed E-state index contributed by atoms with van der Waals surface area (Å²) in [6, 6.07) is 0. The average molecular weight is 1100 g/mol. The second-order valence-electron chi connectivity index (χ2n) is 25.6. The number of hydrogen-bond donors (Lipinski definition) is 7. The molecule has 3 saturated heterocycles. The van der Waals surface area contributed by atoms with Crippen LogP contribution in [0.4, 0.5) is 0 Å². The number of allylic oxidation sites excluding steroid dienone is 3. The van der Waals surface area contributed by atoms with E-state index in [1.165, 1.54) is 0 Å². The Hall–Kier alpha value is -2.91. The van der Waals surface area contributed by atoms with Gasteiger partial charge in [-0.15, -0.1) is 0 Å². The highest BCUT2D eigenvalue weighted by molar-refractivity contribution is 6.22. The average Bonchev–Trinajstić information content (AvgIpc) is 3.46. The zero-order valence-electron chi connectivity index (χ0n) is 48.3. The van der Waals surface area contributed by atoms with Crippen molar-refractivity contribution in [2.24, 2.45) is 64.1 Å². The Morgan fingerprint density at radius 3 is 1.95 bits per heavy atom. The number of hydrogen-bond acceptors (Lipinski definition) is 17. The van der Waals surface area contributed by atoms with Crippen molar-refractivity contribution in [1.82, 2.24) is 0 Å². The van der Waals surface area contributed by atoms with Gasteiger partial charge in [0, 0.05) is 85.7 Å². The van der Waals surface area contributed by atoms with E-state index in [1.807, 2.05) is 61.5 Å². The van der Waals surface area contributed by atoms with Gasteiger partial charge in [0.1, 0.15) is 23.6 Å². The molecule has 17 heteroatoms. The number of carbonyl (C=O) groups is 3. The highest BCUT2D eigenvalue weighted by Crippen LogP contribution is 2.63. The van der Waals surface area contributed by atoms with Gasteiger partial charge in [-0.1, -0.05) is 89.8 Å². The fourth-order valence-electron chi connectivity index (χ4n) is 16.1. The van der Waals surface area contributed by atoms with E-state index in [0.717, 1.165) is 16.7 Å². The lowest BCUT2D eigenvalue weighted by Crippen LogP contribution is -2.59. The Labute approximate surface area is 462 Å². The van der Waals surface area contributed by atoms with Gasteiger partial charge >= 0.3 is 5.97 Å². The second kappa shape index (κ2) is 24.1. The summed E-state index contributed by atoms with van der Waals surface area (Å²) in [7, 11) is 0. The first-order valence-corrected chi connectivity index (χ1v) is 29.5. The second-order valence-corrected chi connectivity index (χ2v) is 25.6. The van der Waals surface area contributed by atoms with Crippen LogP contribution < -0.4 is 0 Å². The molecular weight excluding hydrogens is 1000 g/mol. The van der Waals surface area contributed by atoms with Gasteiger partial charge in [0.25, 0.3) is 0 Å². The Morgan fingerprint density at radius 2 is 1.33 bits per heavy atom. The summed E-state index contributed by atoms with van der Waals surface area (Å²) in [5.74, 6) is -5.78. The van der Waals surface area contributed by atoms with E-state index in [1.54, 1.807) is 13.8 Å². The fourth-order valence-corrected chi connectivity index (χ4v) is 16.1. The summed E-state index contributed by atoms with van der Waals surface area (Å²) in [4.78, 5) is 44.8. The van der Waals surface area contributed by atoms with Crippen molar-refractivity contribution in [1.29, 1.82) is 0 Å². The maximum absolute atomic E-state index is 16.2. The molecule has 2 bridgehead atoms. The van der Waals surface area contributed by atoms with Crippen LogP contribution in [0.25, 0.3) is 0 Å². The number of esters is 1. The number of aliphatic hydroxyl groups excluding tert-OH is 7. The molecule has 0 aromatic rings. The molecule has 17 nitrogen and oxygen atoms in total. The molecule has 25 atom stereocenters. The van der Waals surface area contributed by atoms with Gasteiger partial charge in [-0.3, -0.25) is 9.59 Å². The minimum absolute atomic E-state index is 0.0528. The lowest BCUT2D eigenvalue weighted by molar-refractivity contribution is -0.333. The van der Waals surface area contributed by atoms with Gasteiger partial charge in [0.2, 0.25) is 0 Å². The first-order valence-electron chi connectivity index (χ1n) is 29.5. The van der Waals surface area contributed by atoms with Crippen LogP contribution in [0.2, 0.25) is 0 Å². The fraction of sp³-hybridized carbons (Fsp3) is 0.820. The minimum Gasteiger partial charge on any atom is -0.507 e. The van der Waals surface area contributed by atoms with Gasteiger partial charge in [-0.2, -0.15) is 0 Å². The van der Waals surface area contributed by atoms with Gasteiger partial charge in [-0.05, 0) is 90.4 Å². The number of aliphatic hydroxyl groups is 7. The van der Waals surface area contributed by atoms with Crippen LogP contribution in [0, 0.1) is 64.1 Å². The Kier molecular flexibility index (Phi) is 18.9. The van der Waals surface area contributed by atoms with Crippen molar-refractivity contribution in [3.8, 4) is 0 Å². The number of ketones is 2. The number of fused-ring (bicyclic) bond motifs is 3. The normalized spacial score (nSPS) is 48.6. The molecule has 0 aromatic heterocycles. The Balaban J connectivity index is 1.09. The topological polar surface area (TPSA) is 257 Å². The predicted molar refractivity (Wildman–Crippen MR) is 287 cm³/mol. The third-order valence-electron chi connectivity index (χ3n) is 20.4. The van der Waals surface area contributed by atoms with Crippen LogP contribution >= 0.6 is 0 Å². The molecule has 4 aliphatic heterocycles. The molecule has 78 heavy (non-hydrogen) atoms. The lowest BCUT2D eigenvalue weighted by Gasteiger charge is -2.56. The maximum atomic E-state index is 16.2. The molecule has 0 amide bonds. The smallest absolute Gasteiger partial charge is 0.346 e. The van der Waals surface area contributed by atoms with E-state index in [-0.39, 0.29) is 86.6 Å². The van der Waals surface area contributed by atoms with Crippen LogP contribution in [0.1, 0.15) is 154 Å². The summed E-state index contributed by atoms with van der Waals surface area (Å²) in [6.07, 6.45) is -0.633. The lowest BCUT2D eigenvalue weighted by atomic mass is 9.46. The SMILES string of the molecule is CC/C1=C\C(CO)CC(C)C(OC2CC(O)C(OC3CC(CO)C(OC4CC(O)C(O)C(C)O4)C(C)O3)C(C)O2)C(C)CCCC2(C)C=C(C)C(C)CC23OC(=O)C(=C3O)C(=O)C2(CC)C1C(C)=CC1C(O)CC(=O)C(C)C12. The molecule has 1 spiro atoms. The first-order chi connectivity index (χ1) is 36.8. The Bertz CT molecular complexity index is 2290. The quantitative estimate of drug-likeness (QED) is 0.0669. The highest BCUT2D eigenvalue weighted by Gasteiger charge is 2.67. The third kappa shape index (κ3) is 11.1. The summed E-state index contributed by atoms with van der Waals surface area (Å²) in [6.45, 7) is 22.8. The molecule has 440 valence electrons. The molecule has 25 unspecified atom stereocenters. The van der Waals surface area contributed by atoms with E-state index in [2.05, 4.69) is 26.0 Å². The van der Waals surface area contributed by atoms with Crippen LogP contribution in [0.3, 0.4) is 0 Å². The van der Waals surface area contributed by atoms with Crippen LogP contribution in [0.15, 0.2) is 46.3 Å². The Morgan fingerprint density at radius 1 is 0.718 bits per heavy atom. The third-order valence-corrected chi connectivity index (χ3v) is 20.4. The highest BCUT2D eigenvalue weighted by atomic mass is 16.7. The molecule has 8 aliphatic rings. The van der Waals surface area contributed by atoms with Crippen molar-refractivity contribution >= 4 is 17.5 Å². The van der Waals surface area contributed by atoms with E-state index < -0.39 is 144 Å². The number of Topliss-reactive ketones (excluding diaryl/α,β-unsaturated/α-hetero) is 2. The van der Waals surface area contributed by atoms with E-state index in [9.17, 15) is 45.3 Å². The van der Waals surface area contributed by atoms with Crippen molar-refractivity contribution in [3.63, 3.8) is 0 Å². The zero-order valence-corrected chi connectivity index (χ0v) is 48.3. The first kappa shape index (κ1) is 61.2. The largest absolute Gasteiger partial charge is 0.507 e. The molecule has 4 fully saturated rings. The molecular formula is C61H94O17. The minimum atomic E-state index is -1.55. The van der Waals surface area contributed by atoms with Crippen molar-refractivity contribution in [3.05, 3.63) is 46.3 Å². The van der Waals surface area contributed by atoms with Gasteiger partial charge < -0.3 is 68.9 Å². The predicted octanol–water partition coefficient (Wildman–Crippen LogP) is 6.87. The number of carbonyl (C=O) groups excluding carboxylic acids is 3. The summed E-state index contributed by atoms with van der Waals surface area (Å²) < 4.78 is 45.0. The summed E-state index contributed by atoms with van der Waals surface area (Å²) in [5.41, 5.74) is -1.57. The summed E-state index contributed by atoms with van der Waals surface area (Å²) >= 11 is 0. The number of rotatable bonds is 10. The van der Waals surface area contributed by atoms with Gasteiger partial charge in [0.05, 0.1) is 48.8 Å². The van der Waals surface area contributed by atoms with Crippen LogP contribution in [-0.4, -0.2) is 152 Å². The number of ether oxygens (including phenoxy) is 7. The summed E-state index contributed by atoms with van der Waals surface area (Å²) in [5, 5.41) is 78.8. The van der Waals surface area contributed by atoms with Gasteiger partial charge in [0.15, 0.2) is 36.0 Å². The van der Waals surface area contributed by atoms with Crippen molar-refractivity contribution < 1.29 is 83.3 Å². The maximum Gasteiger partial charge on any atom is 0.346 e. The van der Waals surface area contributed by atoms with E-state index in [0.29, 0.717) is 32.1 Å². The molecule has 7 N–H and O–H groups in total. The van der Waals surface area contributed by atoms with E-state index >= 15 is 4.79 Å². The van der Waals surface area contributed by atoms with Crippen LogP contribution in [-0.2, 0) is 47.5 Å². The molecule has 4 aliphatic carbocycles. The van der Waals surface area contributed by atoms with E-state index in [4.69, 9.17) is 33.2 Å². The molecule has 0 radical (unpaired) electrons. The molecule has 8 rings (SSSR count).